The number of benzene rings is 1. The quantitative estimate of drug-likeness (QED) is 0.777. The van der Waals surface area contributed by atoms with E-state index in [1.807, 2.05) is 0 Å². The lowest BCUT2D eigenvalue weighted by Gasteiger charge is -2.35. The molecule has 1 unspecified atom stereocenters. The zero-order valence-corrected chi connectivity index (χ0v) is 13.7. The molecule has 0 aromatic heterocycles. The van der Waals surface area contributed by atoms with Gasteiger partial charge in [0, 0.05) is 19.3 Å². The first-order valence-electron chi connectivity index (χ1n) is 7.62. The van der Waals surface area contributed by atoms with Gasteiger partial charge in [0.2, 0.25) is 0 Å². The van der Waals surface area contributed by atoms with Crippen molar-refractivity contribution < 1.29 is 18.0 Å². The monoisotopic (exact) mass is 347 g/mol. The second-order valence-corrected chi connectivity index (χ2v) is 5.85. The fraction of sp³-hybridized carbons (Fsp3) is 0.222. The largest absolute Gasteiger partial charge is 0.416 e. The number of hydrogen-bond donors (Lipinski definition) is 0. The molecule has 0 saturated heterocycles. The Hall–Kier alpha value is -2.83. The molecular formula is C18H16F3N3O. The molecule has 7 heteroatoms. The van der Waals surface area contributed by atoms with Crippen LogP contribution in [0.15, 0.2) is 59.9 Å². The second-order valence-electron chi connectivity index (χ2n) is 5.85. The van der Waals surface area contributed by atoms with Crippen LogP contribution in [-0.2, 0) is 11.0 Å². The summed E-state index contributed by atoms with van der Waals surface area (Å²) in [6, 6.07) is 4.96. The molecule has 2 heterocycles. The topological polar surface area (TPSA) is 35.9 Å². The Morgan fingerprint density at radius 3 is 2.40 bits per heavy atom. The van der Waals surface area contributed by atoms with E-state index < -0.39 is 17.9 Å². The van der Waals surface area contributed by atoms with Gasteiger partial charge in [-0.05, 0) is 42.3 Å². The van der Waals surface area contributed by atoms with Crippen LogP contribution in [0, 0.1) is 0 Å². The van der Waals surface area contributed by atoms with Gasteiger partial charge in [-0.3, -0.25) is 4.79 Å². The van der Waals surface area contributed by atoms with E-state index in [1.54, 1.807) is 43.3 Å². The van der Waals surface area contributed by atoms with Crippen LogP contribution in [0.1, 0.15) is 18.1 Å². The molecule has 3 rings (SSSR count). The molecule has 2 aliphatic heterocycles. The van der Waals surface area contributed by atoms with Crippen LogP contribution in [0.25, 0.3) is 5.57 Å². The van der Waals surface area contributed by atoms with Crippen molar-refractivity contribution in [2.24, 2.45) is 5.10 Å². The fourth-order valence-electron chi connectivity index (χ4n) is 2.62. The third-order valence-electron chi connectivity index (χ3n) is 3.99. The van der Waals surface area contributed by atoms with Crippen LogP contribution >= 0.6 is 0 Å². The number of likely N-dealkylation sites (N-methyl/N-ethyl adjacent to an activating group) is 1. The van der Waals surface area contributed by atoms with E-state index in [4.69, 9.17) is 0 Å². The molecular weight excluding hydrogens is 331 g/mol. The van der Waals surface area contributed by atoms with Crippen LogP contribution in [0.4, 0.5) is 13.2 Å². The summed E-state index contributed by atoms with van der Waals surface area (Å²) in [6.45, 7) is 1.76. The first kappa shape index (κ1) is 17.0. The summed E-state index contributed by atoms with van der Waals surface area (Å²) < 4.78 is 38.2. The summed E-state index contributed by atoms with van der Waals surface area (Å²) in [5, 5.41) is 5.64. The summed E-state index contributed by atoms with van der Waals surface area (Å²) in [5.74, 6) is -0.249. The van der Waals surface area contributed by atoms with Gasteiger partial charge in [-0.15, -0.1) is 0 Å². The minimum absolute atomic E-state index is 0.249. The third kappa shape index (κ3) is 3.50. The first-order chi connectivity index (χ1) is 11.8. The smallest absolute Gasteiger partial charge is 0.356 e. The lowest BCUT2D eigenvalue weighted by molar-refractivity contribution is -0.137. The summed E-state index contributed by atoms with van der Waals surface area (Å²) >= 11 is 0. The Balaban J connectivity index is 2.03. The van der Waals surface area contributed by atoms with Crippen molar-refractivity contribution in [2.75, 3.05) is 7.05 Å². The molecule has 130 valence electrons. The standard InChI is InChI=1S/C18H16F3N3O/c1-12-3-4-14(13-5-7-15(8-6-13)18(19,20)21)11-16-23(2)10-9-17(25)24(16)22-12/h3-11,16H,1-2H3. The van der Waals surface area contributed by atoms with E-state index in [-0.39, 0.29) is 5.91 Å². The van der Waals surface area contributed by atoms with Gasteiger partial charge >= 0.3 is 6.18 Å². The van der Waals surface area contributed by atoms with Gasteiger partial charge in [0.15, 0.2) is 0 Å². The van der Waals surface area contributed by atoms with Crippen molar-refractivity contribution in [1.82, 2.24) is 9.91 Å². The molecule has 0 fully saturated rings. The average Bonchev–Trinajstić information content (AvgIpc) is 2.54. The van der Waals surface area contributed by atoms with Gasteiger partial charge in [-0.25, -0.2) is 5.01 Å². The van der Waals surface area contributed by atoms with E-state index in [0.29, 0.717) is 16.8 Å². The van der Waals surface area contributed by atoms with Crippen LogP contribution in [0.2, 0.25) is 0 Å². The Morgan fingerprint density at radius 1 is 1.08 bits per heavy atom. The summed E-state index contributed by atoms with van der Waals surface area (Å²) in [6.07, 6.45) is 3.57. The maximum Gasteiger partial charge on any atom is 0.416 e. The summed E-state index contributed by atoms with van der Waals surface area (Å²) in [5.41, 5.74) is 1.28. The van der Waals surface area contributed by atoms with Gasteiger partial charge < -0.3 is 4.90 Å². The van der Waals surface area contributed by atoms with Crippen molar-refractivity contribution in [2.45, 2.75) is 19.3 Å². The number of allylic oxidation sites excluding steroid dienone is 3. The minimum Gasteiger partial charge on any atom is -0.356 e. The molecule has 2 aliphatic rings. The van der Waals surface area contributed by atoms with Gasteiger partial charge in [-0.2, -0.15) is 18.3 Å². The average molecular weight is 347 g/mol. The number of fused-ring (bicyclic) bond motifs is 1. The zero-order chi connectivity index (χ0) is 18.2. The van der Waals surface area contributed by atoms with E-state index in [2.05, 4.69) is 5.10 Å². The number of carbonyl (C=O) groups is 1. The molecule has 0 radical (unpaired) electrons. The minimum atomic E-state index is -4.37. The number of amides is 1. The highest BCUT2D eigenvalue weighted by Gasteiger charge is 2.30. The number of carbonyl (C=O) groups excluding carboxylic acids is 1. The Morgan fingerprint density at radius 2 is 1.76 bits per heavy atom. The van der Waals surface area contributed by atoms with E-state index in [1.165, 1.54) is 23.2 Å². The highest BCUT2D eigenvalue weighted by atomic mass is 19.4. The highest BCUT2D eigenvalue weighted by molar-refractivity contribution is 5.98. The van der Waals surface area contributed by atoms with Crippen LogP contribution in [0.3, 0.4) is 0 Å². The SMILES string of the molecule is CC1=NN2C(=O)C=CN(C)C2C=C(c2ccc(C(F)(F)F)cc2)C=C1. The first-order valence-corrected chi connectivity index (χ1v) is 7.62. The molecule has 1 aromatic rings. The molecule has 0 spiro atoms. The van der Waals surface area contributed by atoms with E-state index in [0.717, 1.165) is 12.1 Å². The lowest BCUT2D eigenvalue weighted by atomic mass is 10.0. The van der Waals surface area contributed by atoms with Gasteiger partial charge in [0.25, 0.3) is 5.91 Å². The lowest BCUT2D eigenvalue weighted by Crippen LogP contribution is -2.46. The molecule has 0 saturated carbocycles. The van der Waals surface area contributed by atoms with Crippen LogP contribution < -0.4 is 0 Å². The van der Waals surface area contributed by atoms with E-state index in [9.17, 15) is 18.0 Å². The Labute approximate surface area is 143 Å². The molecule has 1 amide bonds. The number of alkyl halides is 3. The summed E-state index contributed by atoms with van der Waals surface area (Å²) in [4.78, 5) is 13.9. The number of hydrogen-bond acceptors (Lipinski definition) is 3. The maximum absolute atomic E-state index is 12.7. The number of halogens is 3. The van der Waals surface area contributed by atoms with Crippen LogP contribution in [-0.4, -0.2) is 34.7 Å². The van der Waals surface area contributed by atoms with Gasteiger partial charge in [0.05, 0.1) is 11.3 Å². The fourth-order valence-corrected chi connectivity index (χ4v) is 2.62. The predicted molar refractivity (Wildman–Crippen MR) is 89.2 cm³/mol. The Kier molecular flexibility index (Phi) is 4.24. The molecule has 0 aliphatic carbocycles. The molecule has 1 aromatic carbocycles. The molecule has 4 nitrogen and oxygen atoms in total. The van der Waals surface area contributed by atoms with Gasteiger partial charge in [-0.1, -0.05) is 18.2 Å². The third-order valence-corrected chi connectivity index (χ3v) is 3.99. The second kappa shape index (κ2) is 6.23. The van der Waals surface area contributed by atoms with Crippen molar-refractivity contribution >= 4 is 17.2 Å². The van der Waals surface area contributed by atoms with Crippen molar-refractivity contribution in [1.29, 1.82) is 0 Å². The molecule has 0 N–H and O–H groups in total. The molecule has 0 bridgehead atoms. The highest BCUT2D eigenvalue weighted by Crippen LogP contribution is 2.31. The number of hydrazone groups is 1. The number of rotatable bonds is 1. The van der Waals surface area contributed by atoms with Crippen molar-refractivity contribution in [3.05, 3.63) is 65.9 Å². The predicted octanol–water partition coefficient (Wildman–Crippen LogP) is 3.65. The maximum atomic E-state index is 12.7. The normalized spacial score (nSPS) is 20.7. The molecule has 1 atom stereocenters. The van der Waals surface area contributed by atoms with Crippen LogP contribution in [0.5, 0.6) is 0 Å². The van der Waals surface area contributed by atoms with Gasteiger partial charge in [0.1, 0.15) is 6.17 Å². The molecule has 25 heavy (non-hydrogen) atoms. The summed E-state index contributed by atoms with van der Waals surface area (Å²) in [7, 11) is 1.80. The Bertz CT molecular complexity index is 804. The number of nitrogens with zero attached hydrogens (tertiary/aromatic N) is 3. The van der Waals surface area contributed by atoms with Crippen molar-refractivity contribution in [3.63, 3.8) is 0 Å². The zero-order valence-electron chi connectivity index (χ0n) is 13.7. The van der Waals surface area contributed by atoms with Crippen molar-refractivity contribution in [3.8, 4) is 0 Å². The van der Waals surface area contributed by atoms with E-state index >= 15 is 0 Å².